The van der Waals surface area contributed by atoms with Crippen molar-refractivity contribution >= 4 is 33.9 Å². The molecule has 4 rings (SSSR count). The summed E-state index contributed by atoms with van der Waals surface area (Å²) in [5.74, 6) is -1.93. The summed E-state index contributed by atoms with van der Waals surface area (Å²) in [5.41, 5.74) is 3.65. The maximum absolute atomic E-state index is 13.3. The topological polar surface area (TPSA) is 133 Å². The average molecular weight is 512 g/mol. The van der Waals surface area contributed by atoms with Crippen molar-refractivity contribution in [3.63, 3.8) is 0 Å². The van der Waals surface area contributed by atoms with Crippen LogP contribution in [0.2, 0.25) is 0 Å². The van der Waals surface area contributed by atoms with E-state index in [0.29, 0.717) is 6.42 Å². The molecule has 0 spiro atoms. The number of fused-ring (bicyclic) bond motifs is 1. The number of carbonyl (C=O) groups excluding carboxylic acids is 2. The summed E-state index contributed by atoms with van der Waals surface area (Å²) in [4.78, 5) is 36.6. The van der Waals surface area contributed by atoms with E-state index in [4.69, 9.17) is 5.11 Å². The van der Waals surface area contributed by atoms with Gasteiger partial charge in [-0.3, -0.25) is 9.59 Å². The summed E-state index contributed by atoms with van der Waals surface area (Å²) >= 11 is 0. The van der Waals surface area contributed by atoms with E-state index in [-0.39, 0.29) is 30.4 Å². The molecule has 190 valence electrons. The molecule has 10 heteroatoms. The van der Waals surface area contributed by atoms with Crippen molar-refractivity contribution in [3.05, 3.63) is 70.8 Å². The second kappa shape index (κ2) is 10.6. The number of sulfonamides is 1. The Hall–Kier alpha value is -3.50. The highest BCUT2D eigenvalue weighted by Gasteiger charge is 2.40. The summed E-state index contributed by atoms with van der Waals surface area (Å²) in [6, 6.07) is 10.6. The lowest BCUT2D eigenvalue weighted by molar-refractivity contribution is -0.132. The number of hydrogen-bond donors (Lipinski definition) is 3. The van der Waals surface area contributed by atoms with Gasteiger partial charge in [-0.1, -0.05) is 35.9 Å². The van der Waals surface area contributed by atoms with Gasteiger partial charge in [0, 0.05) is 19.2 Å². The number of rotatable bonds is 7. The molecular formula is C26H29N3O6S. The second-order valence-electron chi connectivity index (χ2n) is 9.08. The number of nitrogens with zero attached hydrogens (tertiary/aromatic N) is 1. The highest BCUT2D eigenvalue weighted by Crippen LogP contribution is 2.31. The van der Waals surface area contributed by atoms with Gasteiger partial charge in [0.15, 0.2) is 0 Å². The normalized spacial score (nSPS) is 20.5. The van der Waals surface area contributed by atoms with Crippen LogP contribution < -0.4 is 10.6 Å². The molecule has 1 aliphatic heterocycles. The highest BCUT2D eigenvalue weighted by atomic mass is 32.2. The minimum Gasteiger partial charge on any atom is -0.478 e. The third-order valence-electron chi connectivity index (χ3n) is 6.52. The van der Waals surface area contributed by atoms with E-state index in [0.717, 1.165) is 45.5 Å². The fourth-order valence-electron chi connectivity index (χ4n) is 4.71. The average Bonchev–Trinajstić information content (AvgIpc) is 2.84. The molecule has 3 N–H and O–H groups in total. The van der Waals surface area contributed by atoms with Crippen molar-refractivity contribution in [2.24, 2.45) is 0 Å². The van der Waals surface area contributed by atoms with E-state index in [1.165, 1.54) is 18.2 Å². The van der Waals surface area contributed by atoms with E-state index >= 15 is 0 Å². The Morgan fingerprint density at radius 1 is 1.19 bits per heavy atom. The van der Waals surface area contributed by atoms with Crippen LogP contribution in [0.1, 0.15) is 47.6 Å². The van der Waals surface area contributed by atoms with Gasteiger partial charge >= 0.3 is 5.97 Å². The molecule has 0 saturated carbocycles. The summed E-state index contributed by atoms with van der Waals surface area (Å²) in [6.45, 7) is 2.12. The molecule has 0 bridgehead atoms. The molecule has 1 heterocycles. The Balaban J connectivity index is 1.50. The number of carbonyl (C=O) groups is 3. The molecule has 2 aromatic carbocycles. The van der Waals surface area contributed by atoms with Gasteiger partial charge in [0.05, 0.1) is 17.4 Å². The second-order valence-corrected chi connectivity index (χ2v) is 11.0. The molecule has 0 aromatic heterocycles. The van der Waals surface area contributed by atoms with Crippen LogP contribution in [0.15, 0.2) is 53.4 Å². The summed E-state index contributed by atoms with van der Waals surface area (Å²) in [5, 5.41) is 14.5. The van der Waals surface area contributed by atoms with Crippen LogP contribution in [-0.4, -0.2) is 54.7 Å². The van der Waals surface area contributed by atoms with Crippen molar-refractivity contribution in [2.75, 3.05) is 13.1 Å². The van der Waals surface area contributed by atoms with Crippen LogP contribution in [0.3, 0.4) is 0 Å². The maximum atomic E-state index is 13.3. The van der Waals surface area contributed by atoms with Crippen LogP contribution in [0.4, 0.5) is 0 Å². The molecule has 36 heavy (non-hydrogen) atoms. The van der Waals surface area contributed by atoms with E-state index in [1.54, 1.807) is 18.2 Å². The van der Waals surface area contributed by atoms with Crippen LogP contribution in [-0.2, 0) is 30.8 Å². The SMILES string of the molecule is Cc1ccc(S(=O)(=O)N2CCNC(=O)[C@H]2CC(=O)N[C@@H]2CCCc3cc(/C=C/C(=O)O)ccc32)cc1. The fraction of sp³-hybridized carbons (Fsp3) is 0.346. The molecule has 0 unspecified atom stereocenters. The zero-order valence-electron chi connectivity index (χ0n) is 19.9. The molecule has 1 aliphatic carbocycles. The maximum Gasteiger partial charge on any atom is 0.328 e. The van der Waals surface area contributed by atoms with Crippen LogP contribution in [0.25, 0.3) is 6.08 Å². The van der Waals surface area contributed by atoms with Gasteiger partial charge in [0.25, 0.3) is 0 Å². The summed E-state index contributed by atoms with van der Waals surface area (Å²) in [6.07, 6.45) is 4.67. The Bertz CT molecular complexity index is 1300. The first-order valence-electron chi connectivity index (χ1n) is 11.8. The lowest BCUT2D eigenvalue weighted by atomic mass is 9.86. The van der Waals surface area contributed by atoms with Crippen molar-refractivity contribution in [1.29, 1.82) is 0 Å². The van der Waals surface area contributed by atoms with Crippen LogP contribution >= 0.6 is 0 Å². The quantitative estimate of drug-likeness (QED) is 0.488. The van der Waals surface area contributed by atoms with Gasteiger partial charge in [-0.15, -0.1) is 0 Å². The molecule has 2 aliphatic rings. The van der Waals surface area contributed by atoms with E-state index in [2.05, 4.69) is 10.6 Å². The standard InChI is InChI=1S/C26H29N3O6S/c1-17-5-9-20(10-6-17)36(34,35)29-14-13-27-26(33)23(29)16-24(30)28-22-4-2-3-19-15-18(7-11-21(19)22)8-12-25(31)32/h5-12,15,22-23H,2-4,13-14,16H2,1H3,(H,27,33)(H,28,30)(H,31,32)/b12-8+/t22-,23-/m1/s1. The van der Waals surface area contributed by atoms with Gasteiger partial charge in [-0.25, -0.2) is 13.2 Å². The number of aliphatic carboxylic acids is 1. The lowest BCUT2D eigenvalue weighted by Crippen LogP contribution is -2.58. The molecule has 9 nitrogen and oxygen atoms in total. The van der Waals surface area contributed by atoms with Gasteiger partial charge in [0.2, 0.25) is 21.8 Å². The minimum absolute atomic E-state index is 0.0821. The number of piperazine rings is 1. The summed E-state index contributed by atoms with van der Waals surface area (Å²) in [7, 11) is -3.96. The van der Waals surface area contributed by atoms with Crippen LogP contribution in [0, 0.1) is 6.92 Å². The molecular weight excluding hydrogens is 482 g/mol. The van der Waals surface area contributed by atoms with E-state index in [9.17, 15) is 22.8 Å². The molecule has 2 amide bonds. The van der Waals surface area contributed by atoms with Crippen LogP contribution in [0.5, 0.6) is 0 Å². The van der Waals surface area contributed by atoms with Gasteiger partial charge in [-0.05, 0) is 61.1 Å². The highest BCUT2D eigenvalue weighted by molar-refractivity contribution is 7.89. The smallest absolute Gasteiger partial charge is 0.328 e. The van der Waals surface area contributed by atoms with Crippen molar-refractivity contribution in [2.45, 2.75) is 49.6 Å². The minimum atomic E-state index is -3.96. The molecule has 1 fully saturated rings. The third kappa shape index (κ3) is 5.66. The first-order chi connectivity index (χ1) is 17.1. The molecule has 0 radical (unpaired) electrons. The molecule has 1 saturated heterocycles. The van der Waals surface area contributed by atoms with Gasteiger partial charge in [-0.2, -0.15) is 4.31 Å². The van der Waals surface area contributed by atoms with E-state index in [1.807, 2.05) is 19.1 Å². The predicted octanol–water partition coefficient (Wildman–Crippen LogP) is 2.17. The Kier molecular flexibility index (Phi) is 7.56. The first kappa shape index (κ1) is 25.6. The number of amides is 2. The molecule has 2 aromatic rings. The number of aryl methyl sites for hydroxylation is 2. The van der Waals surface area contributed by atoms with Gasteiger partial charge in [0.1, 0.15) is 6.04 Å². The van der Waals surface area contributed by atoms with Crippen molar-refractivity contribution < 1.29 is 27.9 Å². The number of nitrogens with one attached hydrogen (secondary N) is 2. The Labute approximate surface area is 210 Å². The number of benzene rings is 2. The number of carboxylic acid groups (broad SMARTS) is 1. The number of hydrogen-bond acceptors (Lipinski definition) is 5. The lowest BCUT2D eigenvalue weighted by Gasteiger charge is -2.34. The van der Waals surface area contributed by atoms with Crippen molar-refractivity contribution in [1.82, 2.24) is 14.9 Å². The zero-order chi connectivity index (χ0) is 25.9. The van der Waals surface area contributed by atoms with Gasteiger partial charge < -0.3 is 15.7 Å². The first-order valence-corrected chi connectivity index (χ1v) is 13.3. The Morgan fingerprint density at radius 3 is 2.67 bits per heavy atom. The summed E-state index contributed by atoms with van der Waals surface area (Å²) < 4.78 is 27.7. The van der Waals surface area contributed by atoms with Crippen molar-refractivity contribution in [3.8, 4) is 0 Å². The largest absolute Gasteiger partial charge is 0.478 e. The predicted molar refractivity (Wildman–Crippen MR) is 133 cm³/mol. The number of carboxylic acids is 1. The molecule has 2 atom stereocenters. The third-order valence-corrected chi connectivity index (χ3v) is 8.45. The van der Waals surface area contributed by atoms with E-state index < -0.39 is 33.8 Å². The Morgan fingerprint density at radius 2 is 1.94 bits per heavy atom. The monoisotopic (exact) mass is 511 g/mol. The fourth-order valence-corrected chi connectivity index (χ4v) is 6.29. The zero-order valence-corrected chi connectivity index (χ0v) is 20.8.